The van der Waals surface area contributed by atoms with E-state index in [-0.39, 0.29) is 17.3 Å². The van der Waals surface area contributed by atoms with Crippen molar-refractivity contribution < 1.29 is 9.72 Å². The number of hydrazine groups is 1. The molecule has 142 valence electrons. The van der Waals surface area contributed by atoms with E-state index in [0.29, 0.717) is 18.7 Å². The first-order valence-corrected chi connectivity index (χ1v) is 8.68. The minimum absolute atomic E-state index is 0.0489. The Labute approximate surface area is 156 Å². The van der Waals surface area contributed by atoms with Crippen molar-refractivity contribution >= 4 is 23.2 Å². The van der Waals surface area contributed by atoms with E-state index in [4.69, 9.17) is 0 Å². The van der Waals surface area contributed by atoms with Gasteiger partial charge in [0.25, 0.3) is 5.91 Å². The number of likely N-dealkylation sites (N-methyl/N-ethyl adjacent to an activating group) is 1. The van der Waals surface area contributed by atoms with E-state index in [1.165, 1.54) is 6.33 Å². The maximum Gasteiger partial charge on any atom is 0.355 e. The maximum absolute atomic E-state index is 12.2. The van der Waals surface area contributed by atoms with E-state index >= 15 is 0 Å². The SMILES string of the molecule is CCN1CCN(c2ncnc(NNC(=O)c3ccccc3)c2[N+](=O)[O-])CC1. The number of carbonyl (C=O) groups excluding carboxylic acids is 1. The number of nitrogens with one attached hydrogen (secondary N) is 2. The highest BCUT2D eigenvalue weighted by atomic mass is 16.6. The highest BCUT2D eigenvalue weighted by Crippen LogP contribution is 2.31. The number of nitrogens with zero attached hydrogens (tertiary/aromatic N) is 5. The smallest absolute Gasteiger partial charge is 0.348 e. The predicted octanol–water partition coefficient (Wildman–Crippen LogP) is 1.28. The monoisotopic (exact) mass is 371 g/mol. The van der Waals surface area contributed by atoms with Crippen LogP contribution in [-0.4, -0.2) is 58.4 Å². The predicted molar refractivity (Wildman–Crippen MR) is 101 cm³/mol. The first-order valence-electron chi connectivity index (χ1n) is 8.68. The fourth-order valence-corrected chi connectivity index (χ4v) is 2.91. The molecule has 1 aromatic heterocycles. The number of hydrogen-bond donors (Lipinski definition) is 2. The Bertz CT molecular complexity index is 807. The van der Waals surface area contributed by atoms with Crippen molar-refractivity contribution in [2.45, 2.75) is 6.92 Å². The summed E-state index contributed by atoms with van der Waals surface area (Å²) in [5, 5.41) is 11.7. The molecule has 0 atom stereocenters. The lowest BCUT2D eigenvalue weighted by molar-refractivity contribution is -0.383. The highest BCUT2D eigenvalue weighted by molar-refractivity contribution is 5.95. The zero-order valence-corrected chi connectivity index (χ0v) is 15.0. The Balaban J connectivity index is 1.78. The number of hydrogen-bond acceptors (Lipinski definition) is 8. The molecule has 2 aromatic rings. The van der Waals surface area contributed by atoms with E-state index in [1.807, 2.05) is 4.90 Å². The van der Waals surface area contributed by atoms with Gasteiger partial charge in [-0.3, -0.25) is 25.8 Å². The third-order valence-corrected chi connectivity index (χ3v) is 4.43. The summed E-state index contributed by atoms with van der Waals surface area (Å²) in [5.41, 5.74) is 5.18. The van der Waals surface area contributed by atoms with Crippen molar-refractivity contribution in [3.05, 3.63) is 52.3 Å². The summed E-state index contributed by atoms with van der Waals surface area (Å²) in [5.74, 6) is -0.212. The van der Waals surface area contributed by atoms with Crippen molar-refractivity contribution in [2.24, 2.45) is 0 Å². The van der Waals surface area contributed by atoms with Gasteiger partial charge in [-0.2, -0.15) is 0 Å². The van der Waals surface area contributed by atoms with Crippen molar-refractivity contribution in [2.75, 3.05) is 43.0 Å². The number of piperazine rings is 1. The molecule has 1 saturated heterocycles. The molecule has 2 heterocycles. The standard InChI is InChI=1S/C17H21N7O3/c1-2-22-8-10-23(11-9-22)16-14(24(26)27)15(18-12-19-16)20-21-17(25)13-6-4-3-5-7-13/h3-7,12H,2,8-11H2,1H3,(H,21,25)(H,18,19,20). The molecule has 1 aliphatic heterocycles. The van der Waals surface area contributed by atoms with E-state index in [0.717, 1.165) is 19.6 Å². The van der Waals surface area contributed by atoms with Gasteiger partial charge in [-0.15, -0.1) is 0 Å². The fraction of sp³-hybridized carbons (Fsp3) is 0.353. The number of nitro groups is 1. The van der Waals surface area contributed by atoms with Gasteiger partial charge in [-0.05, 0) is 18.7 Å². The summed E-state index contributed by atoms with van der Waals surface area (Å²) in [7, 11) is 0. The Hall–Kier alpha value is -3.27. The summed E-state index contributed by atoms with van der Waals surface area (Å²) in [4.78, 5) is 35.5. The minimum Gasteiger partial charge on any atom is -0.348 e. The normalized spacial score (nSPS) is 14.6. The lowest BCUT2D eigenvalue weighted by Gasteiger charge is -2.34. The van der Waals surface area contributed by atoms with Crippen LogP contribution in [0.1, 0.15) is 17.3 Å². The number of amides is 1. The zero-order valence-electron chi connectivity index (χ0n) is 15.0. The summed E-state index contributed by atoms with van der Waals surface area (Å²) in [6, 6.07) is 8.55. The number of anilines is 2. The molecule has 1 amide bonds. The second kappa shape index (κ2) is 8.41. The van der Waals surface area contributed by atoms with Crippen LogP contribution in [0.4, 0.5) is 17.3 Å². The third kappa shape index (κ3) is 4.29. The molecule has 0 aliphatic carbocycles. The van der Waals surface area contributed by atoms with Crippen molar-refractivity contribution in [3.8, 4) is 0 Å². The molecule has 0 bridgehead atoms. The zero-order chi connectivity index (χ0) is 19.2. The molecule has 27 heavy (non-hydrogen) atoms. The maximum atomic E-state index is 12.2. The molecule has 1 aliphatic rings. The van der Waals surface area contributed by atoms with Gasteiger partial charge >= 0.3 is 5.69 Å². The Morgan fingerprint density at radius 1 is 1.19 bits per heavy atom. The van der Waals surface area contributed by atoms with Gasteiger partial charge in [0.1, 0.15) is 6.33 Å². The van der Waals surface area contributed by atoms with Crippen LogP contribution in [0.3, 0.4) is 0 Å². The molecule has 1 fully saturated rings. The number of carbonyl (C=O) groups is 1. The number of rotatable bonds is 6. The quantitative estimate of drug-likeness (QED) is 0.576. The van der Waals surface area contributed by atoms with Gasteiger partial charge in [0.15, 0.2) is 0 Å². The molecule has 0 spiro atoms. The average Bonchev–Trinajstić information content (AvgIpc) is 2.72. The molecule has 10 nitrogen and oxygen atoms in total. The molecule has 0 saturated carbocycles. The van der Waals surface area contributed by atoms with Gasteiger partial charge < -0.3 is 9.80 Å². The molecule has 3 rings (SSSR count). The second-order valence-electron chi connectivity index (χ2n) is 6.02. The number of aromatic nitrogens is 2. The van der Waals surface area contributed by atoms with Crippen molar-refractivity contribution in [1.82, 2.24) is 20.3 Å². The summed E-state index contributed by atoms with van der Waals surface area (Å²) in [6.45, 7) is 5.93. The summed E-state index contributed by atoms with van der Waals surface area (Å²) in [6.07, 6.45) is 1.26. The van der Waals surface area contributed by atoms with E-state index in [9.17, 15) is 14.9 Å². The fourth-order valence-electron chi connectivity index (χ4n) is 2.91. The third-order valence-electron chi connectivity index (χ3n) is 4.43. The lowest BCUT2D eigenvalue weighted by Crippen LogP contribution is -2.46. The van der Waals surface area contributed by atoms with Crippen LogP contribution >= 0.6 is 0 Å². The van der Waals surface area contributed by atoms with Crippen LogP contribution in [0.5, 0.6) is 0 Å². The Morgan fingerprint density at radius 2 is 1.89 bits per heavy atom. The topological polar surface area (TPSA) is 117 Å². The molecule has 10 heteroatoms. The van der Waals surface area contributed by atoms with Crippen molar-refractivity contribution in [1.29, 1.82) is 0 Å². The molecule has 0 unspecified atom stereocenters. The highest BCUT2D eigenvalue weighted by Gasteiger charge is 2.29. The van der Waals surface area contributed by atoms with E-state index in [2.05, 4.69) is 32.6 Å². The van der Waals surface area contributed by atoms with Crippen LogP contribution in [0.15, 0.2) is 36.7 Å². The van der Waals surface area contributed by atoms with Gasteiger partial charge in [-0.1, -0.05) is 25.1 Å². The van der Waals surface area contributed by atoms with Gasteiger partial charge in [0, 0.05) is 31.7 Å². The van der Waals surface area contributed by atoms with Gasteiger partial charge in [0.2, 0.25) is 11.6 Å². The van der Waals surface area contributed by atoms with Crippen molar-refractivity contribution in [3.63, 3.8) is 0 Å². The second-order valence-corrected chi connectivity index (χ2v) is 6.02. The minimum atomic E-state index is -0.529. The first-order chi connectivity index (χ1) is 13.1. The first kappa shape index (κ1) is 18.5. The van der Waals surface area contributed by atoms with Crippen LogP contribution in [0.2, 0.25) is 0 Å². The Morgan fingerprint density at radius 3 is 2.52 bits per heavy atom. The van der Waals surface area contributed by atoms with Crippen LogP contribution in [0.25, 0.3) is 0 Å². The molecule has 1 aromatic carbocycles. The molecule has 2 N–H and O–H groups in total. The van der Waals surface area contributed by atoms with Crippen LogP contribution in [0, 0.1) is 10.1 Å². The lowest BCUT2D eigenvalue weighted by atomic mass is 10.2. The van der Waals surface area contributed by atoms with Crippen LogP contribution < -0.4 is 15.8 Å². The molecular formula is C17H21N7O3. The Kier molecular flexibility index (Phi) is 5.77. The van der Waals surface area contributed by atoms with Crippen LogP contribution in [-0.2, 0) is 0 Å². The largest absolute Gasteiger partial charge is 0.355 e. The summed E-state index contributed by atoms with van der Waals surface area (Å²) < 4.78 is 0. The van der Waals surface area contributed by atoms with E-state index < -0.39 is 10.8 Å². The number of benzene rings is 1. The molecular weight excluding hydrogens is 350 g/mol. The van der Waals surface area contributed by atoms with Gasteiger partial charge in [-0.25, -0.2) is 9.97 Å². The van der Waals surface area contributed by atoms with E-state index in [1.54, 1.807) is 30.3 Å². The molecule has 0 radical (unpaired) electrons. The summed E-state index contributed by atoms with van der Waals surface area (Å²) >= 11 is 0. The average molecular weight is 371 g/mol. The van der Waals surface area contributed by atoms with Gasteiger partial charge in [0.05, 0.1) is 4.92 Å².